The minimum absolute atomic E-state index is 0.0132. The summed E-state index contributed by atoms with van der Waals surface area (Å²) in [5.74, 6) is 0.827. The van der Waals surface area contributed by atoms with Crippen molar-refractivity contribution < 1.29 is 46.2 Å². The predicted molar refractivity (Wildman–Crippen MR) is 426 cm³/mol. The quantitative estimate of drug-likeness (QED) is 0.0258. The smallest absolute Gasteiger partial charge is 0.335 e. The number of hydrogen-bond acceptors (Lipinski definition) is 18. The number of carbonyl (C=O) groups excluding carboxylic acids is 2. The van der Waals surface area contributed by atoms with Crippen molar-refractivity contribution in [3.8, 4) is 22.9 Å². The van der Waals surface area contributed by atoms with Gasteiger partial charge in [0, 0.05) is 55.1 Å². The Bertz CT molecular complexity index is 4350. The van der Waals surface area contributed by atoms with Gasteiger partial charge in [0.1, 0.15) is 30.9 Å². The fourth-order valence-corrected chi connectivity index (χ4v) is 31.6. The molecule has 550 valence electrons. The van der Waals surface area contributed by atoms with E-state index in [1.54, 1.807) is 97.2 Å². The Kier molecular flexibility index (Phi) is 36.7. The Hall–Kier alpha value is -7.83. The molecular weight excluding hydrogens is 1710 g/mol. The van der Waals surface area contributed by atoms with E-state index >= 15 is 8.42 Å². The summed E-state index contributed by atoms with van der Waals surface area (Å²) in [7, 11) is -1.13. The van der Waals surface area contributed by atoms with E-state index in [9.17, 15) is 14.4 Å². The number of oxazole rings is 2. The summed E-state index contributed by atoms with van der Waals surface area (Å²) in [4.78, 5) is 66.5. The van der Waals surface area contributed by atoms with E-state index in [0.717, 1.165) is 93.5 Å². The van der Waals surface area contributed by atoms with Crippen molar-refractivity contribution in [1.29, 1.82) is 0 Å². The molecule has 0 radical (unpaired) electrons. The monoisotopic (exact) mass is 1800 g/mol. The minimum Gasteiger partial charge on any atom is -0.478 e. The number of halogens is 4. The molecule has 0 spiro atoms. The summed E-state index contributed by atoms with van der Waals surface area (Å²) in [5.41, 5.74) is 10.7. The normalized spacial score (nSPS) is 11.2. The molecule has 1 amide bonds. The van der Waals surface area contributed by atoms with Crippen LogP contribution in [0.4, 0.5) is 5.82 Å². The molecule has 21 nitrogen and oxygen atoms in total. The molecule has 0 fully saturated rings. The first-order valence-corrected chi connectivity index (χ1v) is 46.0. The number of carboxylic acid groups (broad SMARTS) is 1. The van der Waals surface area contributed by atoms with Gasteiger partial charge in [-0.1, -0.05) is 13.8 Å². The average Bonchev–Trinajstić information content (AvgIpc) is 1.55. The maximum absolute atomic E-state index is 15.3. The number of rotatable bonds is 26. The third-order valence-corrected chi connectivity index (χ3v) is 35.3. The number of nitrogens with zero attached hydrogens (tertiary/aromatic N) is 9. The number of unbranched alkanes of at least 4 members (excludes halogenated alkanes) is 3. The van der Waals surface area contributed by atoms with Crippen molar-refractivity contribution in [2.75, 3.05) is 32.2 Å². The molecule has 0 aliphatic heterocycles. The zero-order chi connectivity index (χ0) is 75.4. The van der Waals surface area contributed by atoms with Crippen molar-refractivity contribution in [2.45, 2.75) is 117 Å². The Morgan fingerprint density at radius 2 is 1.05 bits per heavy atom. The molecule has 8 heterocycles. The molecule has 3 aromatic carbocycles. The number of aromatic nitrogens is 8. The Morgan fingerprint density at radius 1 is 0.606 bits per heavy atom. The number of methoxy groups -OCH3 is 2. The fraction of sp³-hybridized carbons (Fsp3) is 0.299. The number of amides is 1. The van der Waals surface area contributed by atoms with Gasteiger partial charge < -0.3 is 29.7 Å². The minimum atomic E-state index is -4.11. The van der Waals surface area contributed by atoms with Gasteiger partial charge in [-0.25, -0.2) is 34.7 Å². The molecule has 1 unspecified atom stereocenters. The second-order valence-corrected chi connectivity index (χ2v) is 42.2. The van der Waals surface area contributed by atoms with Crippen molar-refractivity contribution in [3.63, 3.8) is 0 Å². The zero-order valence-corrected chi connectivity index (χ0v) is 69.6. The van der Waals surface area contributed by atoms with Crippen molar-refractivity contribution in [1.82, 2.24) is 44.2 Å². The predicted octanol–water partition coefficient (Wildman–Crippen LogP) is 18.1. The molecule has 0 saturated carbocycles. The van der Waals surface area contributed by atoms with Gasteiger partial charge >= 0.3 is 310 Å². The largest absolute Gasteiger partial charge is 0.478 e. The topological polar surface area (TPSA) is 287 Å². The molecule has 11 rings (SSSR count). The van der Waals surface area contributed by atoms with E-state index in [1.165, 1.54) is 25.4 Å². The van der Waals surface area contributed by atoms with Crippen molar-refractivity contribution in [2.24, 2.45) is 11.7 Å². The van der Waals surface area contributed by atoms with Crippen LogP contribution in [0.3, 0.4) is 0 Å². The van der Waals surface area contributed by atoms with Crippen molar-refractivity contribution in [3.05, 3.63) is 248 Å². The van der Waals surface area contributed by atoms with E-state index < -0.39 is 40.3 Å². The second-order valence-electron chi connectivity index (χ2n) is 24.1. The number of carbonyl (C=O) groups is 3. The zero-order valence-electron chi connectivity index (χ0n) is 59.5. The number of anilines is 1. The number of hydrogen-bond donors (Lipinski definition) is 3. The summed E-state index contributed by atoms with van der Waals surface area (Å²) < 4.78 is 59.6. The first kappa shape index (κ1) is 85.1. The van der Waals surface area contributed by atoms with Gasteiger partial charge in [-0.15, -0.1) is 0 Å². The van der Waals surface area contributed by atoms with Crippen LogP contribution in [0.5, 0.6) is 0 Å². The molecule has 1 atom stereocenters. The summed E-state index contributed by atoms with van der Waals surface area (Å²) in [6, 6.07) is 44.8. The van der Waals surface area contributed by atoms with E-state index in [0.29, 0.717) is 68.8 Å². The van der Waals surface area contributed by atoms with E-state index in [-0.39, 0.29) is 28.0 Å². The van der Waals surface area contributed by atoms with Gasteiger partial charge in [-0.3, -0.25) is 4.79 Å². The van der Waals surface area contributed by atoms with Crippen LogP contribution in [0.2, 0.25) is 13.3 Å². The van der Waals surface area contributed by atoms with Crippen LogP contribution < -0.4 is 19.7 Å². The van der Waals surface area contributed by atoms with Crippen LogP contribution in [0.15, 0.2) is 234 Å². The molecule has 0 aliphatic rings. The fourth-order valence-electron chi connectivity index (χ4n) is 10.4. The molecule has 0 aliphatic carbocycles. The summed E-state index contributed by atoms with van der Waals surface area (Å²) >= 11 is 9.25. The van der Waals surface area contributed by atoms with Gasteiger partial charge in [0.25, 0.3) is 5.91 Å². The van der Waals surface area contributed by atoms with Gasteiger partial charge in [0.2, 0.25) is 11.8 Å². The van der Waals surface area contributed by atoms with Crippen LogP contribution in [0.25, 0.3) is 33.8 Å². The number of aromatic carboxylic acids is 1. The Balaban J connectivity index is 0.000000249. The number of carboxylic acids is 1. The number of ether oxygens (including phenoxy) is 2. The first-order chi connectivity index (χ1) is 50.1. The Labute approximate surface area is 647 Å². The molecule has 8 aromatic heterocycles. The summed E-state index contributed by atoms with van der Waals surface area (Å²) in [6.07, 6.45) is 20.6. The SMILES string of the molecule is Brc1cc(-c2ncco2)ccn1.Brc1cc(-c2ncco2)ccn1.CC(C)CN.CCC[CH2][Sn]([CH2]CCC)([CH2]CCC)[c]1cc2c(C(=O)OC)cnc(N(Cc3ccccc3)Cc3ccccc3)c2n1S(=O)(=O)c1ccccc1.COC(C)CNC(=O)c1ccnc(Br)c1.O=C(O)c1ccnc(Br)c1. The first-order valence-electron chi connectivity index (χ1n) is 33.9. The molecule has 11 aromatic rings. The average molecular weight is 1800 g/mol. The molecule has 27 heteroatoms. The van der Waals surface area contributed by atoms with Crippen LogP contribution in [0.1, 0.15) is 122 Å². The standard InChI is InChI=1S/C29H24N3O4S.C10H13BrN2O2.2C8H5BrN2O.C6H4BrNO2.C4H11N.3C4H9.Sn/c1-36-29(33)26-19-30-28(27-25(26)17-18-32(27)37(34,35)24-15-9-4-10-16-24)31(20-22-11-5-2-6-12-22)21-23-13-7-3-8-14-23;1-7(15-2)6-13-10(14)8-3-4-12-9(11)5-8;2*9-7-5-6(1-2-10-7)8-11-3-4-12-8;7-5-3-4(6(9)10)1-2-8-5;1-4(2)3-5;3*1-3-4-2;/h2-17,19H,20-21H2,1H3;3-5,7H,6H2,1-2H3,(H,13,14);2*1-5H;1-3H,(H,9,10);4H,3,5H2,1-2H3;3*1,3-4H2,2H3;. The van der Waals surface area contributed by atoms with Gasteiger partial charge in [-0.05, 0) is 132 Å². The van der Waals surface area contributed by atoms with Crippen LogP contribution in [-0.2, 0) is 32.6 Å². The number of nitrogens with one attached hydrogen (secondary N) is 1. The van der Waals surface area contributed by atoms with Crippen LogP contribution in [0, 0.1) is 5.92 Å². The third-order valence-electron chi connectivity index (χ3n) is 16.0. The van der Waals surface area contributed by atoms with Gasteiger partial charge in [-0.2, -0.15) is 0 Å². The Morgan fingerprint density at radius 3 is 1.44 bits per heavy atom. The number of fused-ring (bicyclic) bond motifs is 1. The maximum atomic E-state index is 15.3. The third kappa shape index (κ3) is 26.6. The van der Waals surface area contributed by atoms with Gasteiger partial charge in [0.15, 0.2) is 0 Å². The summed E-state index contributed by atoms with van der Waals surface area (Å²) in [5, 5.41) is 11.8. The van der Waals surface area contributed by atoms with Gasteiger partial charge in [0.05, 0.1) is 24.1 Å². The summed E-state index contributed by atoms with van der Waals surface area (Å²) in [6.45, 7) is 15.0. The van der Waals surface area contributed by atoms with Crippen LogP contribution >= 0.6 is 63.7 Å². The molecule has 4 N–H and O–H groups in total. The molecule has 104 heavy (non-hydrogen) atoms. The number of nitrogens with two attached hydrogens (primary N) is 1. The molecule has 0 bridgehead atoms. The second kappa shape index (κ2) is 44.9. The van der Waals surface area contributed by atoms with E-state index in [4.69, 9.17) is 34.1 Å². The van der Waals surface area contributed by atoms with E-state index in [1.807, 2.05) is 73.7 Å². The number of pyridine rings is 5. The molecular formula is C77H89Br4N11O10SSn. The van der Waals surface area contributed by atoms with E-state index in [2.05, 4.69) is 169 Å². The van der Waals surface area contributed by atoms with Crippen molar-refractivity contribution >= 4 is 130 Å². The van der Waals surface area contributed by atoms with Crippen LogP contribution in [-0.4, -0.2) is 122 Å². The molecule has 0 saturated heterocycles. The maximum Gasteiger partial charge on any atom is 0.335 e. The number of esters is 1. The number of benzene rings is 3.